The minimum Gasteiger partial charge on any atom is -0.481 e. The van der Waals surface area contributed by atoms with E-state index in [9.17, 15) is 9.59 Å². The normalized spacial score (nSPS) is 22.0. The molecule has 1 saturated carbocycles. The van der Waals surface area contributed by atoms with Crippen molar-refractivity contribution in [1.82, 2.24) is 4.98 Å². The SMILES string of the molecule is Cc1cc(C)nc(NC(=O)[C@@H]2C[C@@H]2C(=O)O)c1. The standard InChI is InChI=1S/C12H14N2O3/c1-6-3-7(2)13-10(4-6)14-11(15)8-5-9(8)12(16)17/h3-4,8-9H,5H2,1-2H3,(H,16,17)(H,13,14,15)/t8-,9+/m1/s1. The Bertz CT molecular complexity index is 464. The number of anilines is 1. The maximum absolute atomic E-state index is 11.7. The molecule has 5 nitrogen and oxygen atoms in total. The fourth-order valence-electron chi connectivity index (χ4n) is 1.88. The van der Waals surface area contributed by atoms with E-state index in [4.69, 9.17) is 5.11 Å². The summed E-state index contributed by atoms with van der Waals surface area (Å²) in [6.07, 6.45) is 0.423. The first-order valence-corrected chi connectivity index (χ1v) is 5.46. The highest BCUT2D eigenvalue weighted by Crippen LogP contribution is 2.39. The molecule has 17 heavy (non-hydrogen) atoms. The summed E-state index contributed by atoms with van der Waals surface area (Å²) in [6.45, 7) is 3.77. The third-order valence-electron chi connectivity index (χ3n) is 2.79. The molecule has 0 aliphatic heterocycles. The number of carbonyl (C=O) groups is 2. The van der Waals surface area contributed by atoms with Gasteiger partial charge in [0.2, 0.25) is 5.91 Å². The molecular formula is C12H14N2O3. The van der Waals surface area contributed by atoms with Gasteiger partial charge in [0.05, 0.1) is 11.8 Å². The quantitative estimate of drug-likeness (QED) is 0.827. The number of hydrogen-bond donors (Lipinski definition) is 2. The molecule has 1 fully saturated rings. The van der Waals surface area contributed by atoms with Gasteiger partial charge in [-0.05, 0) is 38.0 Å². The van der Waals surface area contributed by atoms with Crippen molar-refractivity contribution >= 4 is 17.7 Å². The number of aromatic nitrogens is 1. The van der Waals surface area contributed by atoms with Crippen LogP contribution in [0, 0.1) is 25.7 Å². The van der Waals surface area contributed by atoms with Crippen molar-refractivity contribution in [3.63, 3.8) is 0 Å². The van der Waals surface area contributed by atoms with Crippen LogP contribution < -0.4 is 5.32 Å². The Morgan fingerprint density at radius 1 is 1.35 bits per heavy atom. The fraction of sp³-hybridized carbons (Fsp3) is 0.417. The topological polar surface area (TPSA) is 79.3 Å². The summed E-state index contributed by atoms with van der Waals surface area (Å²) in [6, 6.07) is 3.68. The van der Waals surface area contributed by atoms with Crippen molar-refractivity contribution in [3.8, 4) is 0 Å². The summed E-state index contributed by atoms with van der Waals surface area (Å²) in [7, 11) is 0. The van der Waals surface area contributed by atoms with Gasteiger partial charge in [-0.25, -0.2) is 4.98 Å². The predicted molar refractivity (Wildman–Crippen MR) is 61.6 cm³/mol. The number of pyridine rings is 1. The van der Waals surface area contributed by atoms with Crippen LogP contribution in [0.25, 0.3) is 0 Å². The average Bonchev–Trinajstić information content (AvgIpc) is 2.94. The van der Waals surface area contributed by atoms with E-state index in [0.29, 0.717) is 12.2 Å². The Hall–Kier alpha value is -1.91. The summed E-state index contributed by atoms with van der Waals surface area (Å²) in [5, 5.41) is 11.4. The van der Waals surface area contributed by atoms with Crippen LogP contribution in [0.1, 0.15) is 17.7 Å². The number of amides is 1. The molecule has 2 rings (SSSR count). The van der Waals surface area contributed by atoms with Crippen LogP contribution in [-0.4, -0.2) is 22.0 Å². The van der Waals surface area contributed by atoms with Gasteiger partial charge in [0.25, 0.3) is 0 Å². The van der Waals surface area contributed by atoms with Crippen molar-refractivity contribution in [3.05, 3.63) is 23.4 Å². The molecule has 0 radical (unpaired) electrons. The zero-order valence-electron chi connectivity index (χ0n) is 9.73. The Morgan fingerprint density at radius 2 is 2.06 bits per heavy atom. The van der Waals surface area contributed by atoms with Crippen LogP contribution in [0.2, 0.25) is 0 Å². The van der Waals surface area contributed by atoms with Gasteiger partial charge in [-0.3, -0.25) is 9.59 Å². The van der Waals surface area contributed by atoms with E-state index < -0.39 is 17.8 Å². The molecule has 0 bridgehead atoms. The monoisotopic (exact) mass is 234 g/mol. The first-order chi connectivity index (χ1) is 7.97. The Balaban J connectivity index is 2.02. The van der Waals surface area contributed by atoms with E-state index in [2.05, 4.69) is 10.3 Å². The molecule has 1 aromatic heterocycles. The lowest BCUT2D eigenvalue weighted by Gasteiger charge is -2.05. The van der Waals surface area contributed by atoms with Gasteiger partial charge in [-0.2, -0.15) is 0 Å². The predicted octanol–water partition coefficient (Wildman–Crippen LogP) is 1.36. The molecule has 1 amide bonds. The highest BCUT2D eigenvalue weighted by Gasteiger charge is 2.48. The number of aliphatic carboxylic acids is 1. The van der Waals surface area contributed by atoms with Crippen molar-refractivity contribution in [2.24, 2.45) is 11.8 Å². The van der Waals surface area contributed by atoms with Crippen LogP contribution in [0.5, 0.6) is 0 Å². The third-order valence-corrected chi connectivity index (χ3v) is 2.79. The fourth-order valence-corrected chi connectivity index (χ4v) is 1.88. The van der Waals surface area contributed by atoms with Crippen molar-refractivity contribution < 1.29 is 14.7 Å². The first-order valence-electron chi connectivity index (χ1n) is 5.46. The minimum absolute atomic E-state index is 0.255. The van der Waals surface area contributed by atoms with Crippen LogP contribution in [0.4, 0.5) is 5.82 Å². The summed E-state index contributed by atoms with van der Waals surface area (Å²) in [5.74, 6) is -1.60. The molecule has 0 spiro atoms. The van der Waals surface area contributed by atoms with Gasteiger partial charge >= 0.3 is 5.97 Å². The van der Waals surface area contributed by atoms with Gasteiger partial charge in [0.15, 0.2) is 0 Å². The number of rotatable bonds is 3. The Labute approximate surface area is 98.9 Å². The molecule has 1 heterocycles. The van der Waals surface area contributed by atoms with E-state index in [1.807, 2.05) is 19.9 Å². The average molecular weight is 234 g/mol. The number of aryl methyl sites for hydroxylation is 2. The zero-order chi connectivity index (χ0) is 12.6. The van der Waals surface area contributed by atoms with E-state index in [0.717, 1.165) is 11.3 Å². The van der Waals surface area contributed by atoms with Crippen molar-refractivity contribution in [2.45, 2.75) is 20.3 Å². The smallest absolute Gasteiger partial charge is 0.307 e. The van der Waals surface area contributed by atoms with Crippen LogP contribution in [0.3, 0.4) is 0 Å². The molecule has 5 heteroatoms. The van der Waals surface area contributed by atoms with Gasteiger partial charge in [-0.15, -0.1) is 0 Å². The van der Waals surface area contributed by atoms with E-state index in [1.165, 1.54) is 0 Å². The molecule has 0 saturated heterocycles. The summed E-state index contributed by atoms with van der Waals surface area (Å²) in [4.78, 5) is 26.5. The maximum atomic E-state index is 11.7. The Morgan fingerprint density at radius 3 is 2.59 bits per heavy atom. The highest BCUT2D eigenvalue weighted by molar-refractivity contribution is 5.97. The molecule has 1 aliphatic carbocycles. The second-order valence-corrected chi connectivity index (χ2v) is 4.45. The summed E-state index contributed by atoms with van der Waals surface area (Å²) >= 11 is 0. The first kappa shape index (κ1) is 11.6. The summed E-state index contributed by atoms with van der Waals surface area (Å²) in [5.41, 5.74) is 1.84. The second-order valence-electron chi connectivity index (χ2n) is 4.45. The van der Waals surface area contributed by atoms with Gasteiger partial charge in [0, 0.05) is 5.69 Å². The van der Waals surface area contributed by atoms with E-state index >= 15 is 0 Å². The number of nitrogens with one attached hydrogen (secondary N) is 1. The number of carboxylic acid groups (broad SMARTS) is 1. The molecular weight excluding hydrogens is 220 g/mol. The van der Waals surface area contributed by atoms with E-state index in [-0.39, 0.29) is 5.91 Å². The number of carbonyl (C=O) groups excluding carboxylic acids is 1. The zero-order valence-corrected chi connectivity index (χ0v) is 9.73. The largest absolute Gasteiger partial charge is 0.481 e. The lowest BCUT2D eigenvalue weighted by atomic mass is 10.2. The maximum Gasteiger partial charge on any atom is 0.307 e. The lowest BCUT2D eigenvalue weighted by molar-refractivity contribution is -0.139. The minimum atomic E-state index is -0.904. The molecule has 90 valence electrons. The third kappa shape index (κ3) is 2.61. The Kier molecular flexibility index (Phi) is 2.83. The number of carboxylic acids is 1. The van der Waals surface area contributed by atoms with E-state index in [1.54, 1.807) is 6.07 Å². The molecule has 0 aromatic carbocycles. The highest BCUT2D eigenvalue weighted by atomic mass is 16.4. The van der Waals surface area contributed by atoms with Crippen molar-refractivity contribution in [2.75, 3.05) is 5.32 Å². The molecule has 1 aliphatic rings. The molecule has 1 aromatic rings. The molecule has 2 N–H and O–H groups in total. The summed E-state index contributed by atoms with van der Waals surface area (Å²) < 4.78 is 0. The van der Waals surface area contributed by atoms with Crippen LogP contribution in [-0.2, 0) is 9.59 Å². The van der Waals surface area contributed by atoms with Crippen LogP contribution >= 0.6 is 0 Å². The van der Waals surface area contributed by atoms with Crippen LogP contribution in [0.15, 0.2) is 12.1 Å². The van der Waals surface area contributed by atoms with Crippen molar-refractivity contribution in [1.29, 1.82) is 0 Å². The molecule has 0 unspecified atom stereocenters. The lowest BCUT2D eigenvalue weighted by Crippen LogP contribution is -2.17. The molecule has 2 atom stereocenters. The number of hydrogen-bond acceptors (Lipinski definition) is 3. The van der Waals surface area contributed by atoms with Gasteiger partial charge in [0.1, 0.15) is 5.82 Å². The second kappa shape index (κ2) is 4.16. The van der Waals surface area contributed by atoms with Gasteiger partial charge < -0.3 is 10.4 Å². The van der Waals surface area contributed by atoms with Gasteiger partial charge in [-0.1, -0.05) is 0 Å². The number of nitrogens with zero attached hydrogens (tertiary/aromatic N) is 1.